The summed E-state index contributed by atoms with van der Waals surface area (Å²) in [5.41, 5.74) is 4.74. The number of carbonyl (C=O) groups is 1. The Morgan fingerprint density at radius 1 is 1.77 bits per heavy atom. The smallest absolute Gasteiger partial charge is 0.203 e. The van der Waals surface area contributed by atoms with E-state index in [2.05, 4.69) is 38.6 Å². The molecule has 0 atom stereocenters. The summed E-state index contributed by atoms with van der Waals surface area (Å²) in [4.78, 5) is 9.88. The molecule has 9 heteroatoms. The van der Waals surface area contributed by atoms with Crippen molar-refractivity contribution in [2.75, 3.05) is 6.54 Å². The number of rotatable bonds is 2. The van der Waals surface area contributed by atoms with Crippen molar-refractivity contribution in [2.45, 2.75) is 8.83 Å². The fourth-order valence-corrected chi connectivity index (χ4v) is 0.737. The summed E-state index contributed by atoms with van der Waals surface area (Å²) in [5, 5.41) is 15.1. The second kappa shape index (κ2) is 8.30. The molecule has 1 rings (SSSR count). The van der Waals surface area contributed by atoms with Crippen LogP contribution in [0.15, 0.2) is 5.16 Å². The van der Waals surface area contributed by atoms with E-state index in [1.807, 2.05) is 0 Å². The van der Waals surface area contributed by atoms with E-state index in [1.54, 1.807) is 0 Å². The number of aromatic nitrogens is 4. The number of nitrogens with two attached hydrogens (primary N) is 1. The van der Waals surface area contributed by atoms with Gasteiger partial charge in [-0.1, -0.05) is 0 Å². The quantitative estimate of drug-likeness (QED) is 0.362. The zero-order valence-corrected chi connectivity index (χ0v) is 10.1. The number of hydrogen-bond acceptors (Lipinski definition) is 5. The number of primary amides is 1. The second-order valence-electron chi connectivity index (χ2n) is 2.02. The van der Waals surface area contributed by atoms with Gasteiger partial charge in [0.2, 0.25) is 5.16 Å². The van der Waals surface area contributed by atoms with Gasteiger partial charge >= 0.3 is 60.0 Å². The third kappa shape index (κ3) is 9.61. The van der Waals surface area contributed by atoms with E-state index in [0.717, 1.165) is 38.1 Å². The molecule has 0 saturated carbocycles. The van der Waals surface area contributed by atoms with Crippen LogP contribution in [-0.4, -0.2) is 61.1 Å². The summed E-state index contributed by atoms with van der Waals surface area (Å²) in [7, 11) is 0. The Morgan fingerprint density at radius 3 is 2.62 bits per heavy atom. The summed E-state index contributed by atoms with van der Waals surface area (Å²) >= 11 is 4.87. The first kappa shape index (κ1) is 12.7. The molecule has 1 aromatic rings. The van der Waals surface area contributed by atoms with Crippen molar-refractivity contribution in [2.24, 2.45) is 5.73 Å². The van der Waals surface area contributed by atoms with Crippen LogP contribution in [0, 0.1) is 0 Å². The van der Waals surface area contributed by atoms with Gasteiger partial charge < -0.3 is 0 Å². The molecule has 7 nitrogen and oxygen atoms in total. The van der Waals surface area contributed by atoms with Gasteiger partial charge in [0, 0.05) is 0 Å². The van der Waals surface area contributed by atoms with Crippen molar-refractivity contribution in [1.29, 1.82) is 0 Å². The summed E-state index contributed by atoms with van der Waals surface area (Å²) < 4.78 is 1.07. The Hall–Kier alpha value is -0.310. The minimum atomic E-state index is -0.421. The largest absolute Gasteiger partial charge is 0.234 e. The average Bonchev–Trinajstić information content (AvgIpc) is 2.53. The molecule has 1 aromatic heterocycles. The van der Waals surface area contributed by atoms with Crippen LogP contribution in [-0.2, 0) is 0 Å². The maximum Gasteiger partial charge on any atom is 0.203 e. The van der Waals surface area contributed by atoms with Crippen molar-refractivity contribution >= 4 is 46.6 Å². The molecule has 0 radical (unpaired) electrons. The van der Waals surface area contributed by atoms with Gasteiger partial charge in [-0.2, -0.15) is 0 Å². The summed E-state index contributed by atoms with van der Waals surface area (Å²) in [5.74, 6) is 0. The average molecular weight is 212 g/mol. The first-order chi connectivity index (χ1) is 6.16. The predicted molar refractivity (Wildman–Crippen MR) is 49.6 cm³/mol. The fraction of sp³-hybridized carbons (Fsp3) is 0.500. The monoisotopic (exact) mass is 212 g/mol. The molecule has 0 aliphatic carbocycles. The fourth-order valence-electron chi connectivity index (χ4n) is 0.402. The van der Waals surface area contributed by atoms with Crippen molar-refractivity contribution in [3.05, 3.63) is 0 Å². The number of urea groups is 1. The molecule has 1 heterocycles. The van der Waals surface area contributed by atoms with Gasteiger partial charge in [0.25, 0.3) is 0 Å². The maximum atomic E-state index is 9.88. The first-order valence-corrected chi connectivity index (χ1v) is 5.49. The Kier molecular flexibility index (Phi) is 8.10. The van der Waals surface area contributed by atoms with Crippen LogP contribution in [0.2, 0.25) is 3.67 Å². The zero-order valence-electron chi connectivity index (χ0n) is 7.19. The second-order valence-corrected chi connectivity index (χ2v) is 3.44. The SMILES string of the molecule is NC(=O)NC[CH2][Na].Sc1nnn[nH]1. The van der Waals surface area contributed by atoms with E-state index in [9.17, 15) is 4.79 Å². The number of tetrazole rings is 1. The maximum absolute atomic E-state index is 9.88. The Labute approximate surface area is 98.0 Å². The van der Waals surface area contributed by atoms with Gasteiger partial charge in [-0.05, 0) is 10.4 Å². The Balaban J connectivity index is 0.000000223. The van der Waals surface area contributed by atoms with Crippen LogP contribution in [0.5, 0.6) is 0 Å². The Morgan fingerprint density at radius 2 is 2.46 bits per heavy atom. The summed E-state index contributed by atoms with van der Waals surface area (Å²) in [6.07, 6.45) is 0. The number of H-pyrrole nitrogens is 1. The standard InChI is InChI=1S/C3H7N2O.CH2N4S.Na/c1-2-5-3(4)6;6-1-2-4-5-3-1;/h1-2H2,(H3,4,5,6);(H2,2,3,4,5,6);. The molecule has 4 N–H and O–H groups in total. The zero-order chi connectivity index (χ0) is 10.1. The molecule has 13 heavy (non-hydrogen) atoms. The first-order valence-electron chi connectivity index (χ1n) is 3.62. The van der Waals surface area contributed by atoms with Crippen LogP contribution in [0.25, 0.3) is 0 Å². The van der Waals surface area contributed by atoms with E-state index < -0.39 is 6.03 Å². The van der Waals surface area contributed by atoms with E-state index in [1.165, 1.54) is 0 Å². The molecule has 0 saturated heterocycles. The van der Waals surface area contributed by atoms with Gasteiger partial charge in [0.15, 0.2) is 0 Å². The summed E-state index contributed by atoms with van der Waals surface area (Å²) in [6, 6.07) is -0.421. The van der Waals surface area contributed by atoms with Crippen molar-refractivity contribution in [3.63, 3.8) is 0 Å². The molecule has 0 aromatic carbocycles. The van der Waals surface area contributed by atoms with Gasteiger partial charge in [-0.15, -0.1) is 17.7 Å². The van der Waals surface area contributed by atoms with Gasteiger partial charge in [0.05, 0.1) is 0 Å². The number of nitrogens with one attached hydrogen (secondary N) is 2. The van der Waals surface area contributed by atoms with Gasteiger partial charge in [-0.3, -0.25) is 0 Å². The van der Waals surface area contributed by atoms with Crippen molar-refractivity contribution in [1.82, 2.24) is 25.9 Å². The number of amides is 2. The van der Waals surface area contributed by atoms with Gasteiger partial charge in [-0.25, -0.2) is 5.10 Å². The van der Waals surface area contributed by atoms with E-state index >= 15 is 0 Å². The van der Waals surface area contributed by atoms with E-state index in [0.29, 0.717) is 5.16 Å². The number of nitrogens with zero attached hydrogens (tertiary/aromatic N) is 3. The third-order valence-corrected chi connectivity index (χ3v) is 1.57. The normalized spacial score (nSPS) is 8.54. The van der Waals surface area contributed by atoms with Crippen molar-refractivity contribution < 1.29 is 4.79 Å². The number of aromatic amines is 1. The molecule has 0 fully saturated rings. The van der Waals surface area contributed by atoms with Crippen LogP contribution in [0.3, 0.4) is 0 Å². The van der Waals surface area contributed by atoms with Crippen LogP contribution in [0.1, 0.15) is 0 Å². The van der Waals surface area contributed by atoms with E-state index in [4.69, 9.17) is 5.73 Å². The molecule has 0 aliphatic rings. The van der Waals surface area contributed by atoms with Gasteiger partial charge in [0.1, 0.15) is 0 Å². The number of thiol groups is 1. The molecular formula is C4H9N6NaOS. The molecule has 0 unspecified atom stereocenters. The molecule has 0 bridgehead atoms. The van der Waals surface area contributed by atoms with Crippen LogP contribution < -0.4 is 11.1 Å². The minimum Gasteiger partial charge on any atom is -0.234 e. The molecule has 0 aliphatic heterocycles. The van der Waals surface area contributed by atoms with E-state index in [-0.39, 0.29) is 0 Å². The minimum absolute atomic E-state index is 0.421. The topological polar surface area (TPSA) is 110 Å². The van der Waals surface area contributed by atoms with Crippen LogP contribution >= 0.6 is 12.6 Å². The molecular weight excluding hydrogens is 203 g/mol. The molecule has 2 amide bonds. The van der Waals surface area contributed by atoms with Crippen molar-refractivity contribution in [3.8, 4) is 0 Å². The van der Waals surface area contributed by atoms with Crippen LogP contribution in [0.4, 0.5) is 4.79 Å². The third-order valence-electron chi connectivity index (χ3n) is 0.883. The molecule has 68 valence electrons. The Bertz CT molecular complexity index is 229. The summed E-state index contributed by atoms with van der Waals surface area (Å²) in [6.45, 7) is 0.738. The number of carbonyl (C=O) groups excluding carboxylic acids is 1. The molecule has 0 spiro atoms. The predicted octanol–water partition coefficient (Wildman–Crippen LogP) is -1.27. The number of hydrogen-bond donors (Lipinski definition) is 4.